The van der Waals surface area contributed by atoms with Gasteiger partial charge in [0.2, 0.25) is 6.10 Å². The topological polar surface area (TPSA) is 134 Å². The number of nitrogens with one attached hydrogen (secondary N) is 1. The zero-order valence-corrected chi connectivity index (χ0v) is 14.8. The summed E-state index contributed by atoms with van der Waals surface area (Å²) in [7, 11) is 0. The highest BCUT2D eigenvalue weighted by atomic mass is 16.6. The first-order valence-corrected chi connectivity index (χ1v) is 8.45. The predicted molar refractivity (Wildman–Crippen MR) is 97.2 cm³/mol. The summed E-state index contributed by atoms with van der Waals surface area (Å²) in [4.78, 5) is 24.8. The Morgan fingerprint density at radius 3 is 2.39 bits per heavy atom. The summed E-state index contributed by atoms with van der Waals surface area (Å²) in [5.74, 6) is -0.135. The van der Waals surface area contributed by atoms with Crippen LogP contribution in [0, 0.1) is 0 Å². The zero-order valence-electron chi connectivity index (χ0n) is 14.8. The van der Waals surface area contributed by atoms with Crippen molar-refractivity contribution < 1.29 is 19.1 Å². The molecule has 0 saturated carbocycles. The minimum absolute atomic E-state index is 0.180. The molecule has 1 aliphatic rings. The van der Waals surface area contributed by atoms with Crippen LogP contribution in [-0.4, -0.2) is 44.2 Å². The Morgan fingerprint density at radius 2 is 1.75 bits per heavy atom. The van der Waals surface area contributed by atoms with Gasteiger partial charge in [-0.1, -0.05) is 12.1 Å². The molecule has 4 rings (SSSR count). The van der Waals surface area contributed by atoms with Crippen molar-refractivity contribution in [3.05, 3.63) is 54.4 Å². The molecule has 10 heteroatoms. The molecule has 0 fully saturated rings. The van der Waals surface area contributed by atoms with Crippen LogP contribution in [0.2, 0.25) is 0 Å². The quantitative estimate of drug-likeness (QED) is 0.687. The minimum atomic E-state index is -0.787. The van der Waals surface area contributed by atoms with Crippen molar-refractivity contribution in [1.29, 1.82) is 0 Å². The van der Waals surface area contributed by atoms with Gasteiger partial charge in [0.15, 0.2) is 11.5 Å². The van der Waals surface area contributed by atoms with Gasteiger partial charge in [0.05, 0.1) is 5.69 Å². The third kappa shape index (κ3) is 3.34. The number of hydrogen-bond acceptors (Lipinski definition) is 7. The van der Waals surface area contributed by atoms with Crippen molar-refractivity contribution >= 4 is 17.5 Å². The van der Waals surface area contributed by atoms with Crippen molar-refractivity contribution in [2.75, 3.05) is 5.32 Å². The highest BCUT2D eigenvalue weighted by Crippen LogP contribution is 2.33. The first kappa shape index (κ1) is 17.5. The highest BCUT2D eigenvalue weighted by molar-refractivity contribution is 5.95. The highest BCUT2D eigenvalue weighted by Gasteiger charge is 2.34. The van der Waals surface area contributed by atoms with E-state index in [1.165, 1.54) is 4.80 Å². The average Bonchev–Trinajstić information content (AvgIpc) is 3.18. The average molecular weight is 380 g/mol. The molecule has 28 heavy (non-hydrogen) atoms. The molecule has 10 nitrogen and oxygen atoms in total. The van der Waals surface area contributed by atoms with Gasteiger partial charge < -0.3 is 20.5 Å². The van der Waals surface area contributed by atoms with E-state index in [9.17, 15) is 9.59 Å². The molecule has 3 aromatic rings. The number of anilines is 1. The van der Waals surface area contributed by atoms with Crippen LogP contribution in [0.25, 0.3) is 5.69 Å². The van der Waals surface area contributed by atoms with Crippen LogP contribution in [0.3, 0.4) is 0 Å². The smallest absolute Gasteiger partial charge is 0.290 e. The van der Waals surface area contributed by atoms with Gasteiger partial charge in [0.25, 0.3) is 17.6 Å². The number of nitrogens with two attached hydrogens (primary N) is 1. The lowest BCUT2D eigenvalue weighted by Crippen LogP contribution is -2.46. The molecule has 0 spiro atoms. The summed E-state index contributed by atoms with van der Waals surface area (Å²) in [5.41, 5.74) is 6.22. The molecule has 1 aromatic heterocycles. The molecule has 2 amide bonds. The molecular formula is C18H16N6O4. The van der Waals surface area contributed by atoms with Crippen molar-refractivity contribution in [3.63, 3.8) is 0 Å². The number of primary amides is 1. The van der Waals surface area contributed by atoms with Crippen molar-refractivity contribution in [1.82, 2.24) is 20.2 Å². The maximum Gasteiger partial charge on any atom is 0.290 e. The Morgan fingerprint density at radius 1 is 1.07 bits per heavy atom. The molecule has 3 N–H and O–H groups in total. The van der Waals surface area contributed by atoms with E-state index in [-0.39, 0.29) is 11.7 Å². The molecule has 1 aliphatic heterocycles. The van der Waals surface area contributed by atoms with Crippen molar-refractivity contribution in [3.8, 4) is 17.2 Å². The van der Waals surface area contributed by atoms with E-state index in [2.05, 4.69) is 20.7 Å². The number of fused-ring (bicyclic) bond motifs is 1. The van der Waals surface area contributed by atoms with E-state index in [0.29, 0.717) is 22.9 Å². The number of carbonyl (C=O) groups is 2. The monoisotopic (exact) mass is 380 g/mol. The van der Waals surface area contributed by atoms with Crippen LogP contribution < -0.4 is 20.5 Å². The van der Waals surface area contributed by atoms with Crippen LogP contribution in [0.5, 0.6) is 11.5 Å². The second-order valence-corrected chi connectivity index (χ2v) is 6.11. The molecule has 0 aliphatic carbocycles. The van der Waals surface area contributed by atoms with E-state index in [1.54, 1.807) is 43.3 Å². The van der Waals surface area contributed by atoms with Gasteiger partial charge >= 0.3 is 0 Å². The number of carbonyl (C=O) groups excluding carboxylic acids is 2. The number of ether oxygens (including phenoxy) is 2. The number of tetrazole rings is 1. The van der Waals surface area contributed by atoms with Gasteiger partial charge in [-0.3, -0.25) is 9.59 Å². The SMILES string of the molecule is CC1Oc2ccccc2OC1C(=O)Nc1ccc(-n2nnc(C(N)=O)n2)cc1. The van der Waals surface area contributed by atoms with Gasteiger partial charge in [-0.25, -0.2) is 0 Å². The lowest BCUT2D eigenvalue weighted by molar-refractivity contribution is -0.128. The summed E-state index contributed by atoms with van der Waals surface area (Å²) >= 11 is 0. The van der Waals surface area contributed by atoms with Crippen molar-refractivity contribution in [2.24, 2.45) is 5.73 Å². The second kappa shape index (κ2) is 6.99. The number of nitrogens with zero attached hydrogens (tertiary/aromatic N) is 4. The number of rotatable bonds is 4. The first-order chi connectivity index (χ1) is 13.5. The zero-order chi connectivity index (χ0) is 19.7. The van der Waals surface area contributed by atoms with Gasteiger partial charge in [-0.2, -0.15) is 0 Å². The van der Waals surface area contributed by atoms with Gasteiger partial charge in [0.1, 0.15) is 6.10 Å². The Bertz CT molecular complexity index is 1030. The summed E-state index contributed by atoms with van der Waals surface area (Å²) < 4.78 is 11.5. The molecule has 142 valence electrons. The van der Waals surface area contributed by atoms with E-state index in [0.717, 1.165) is 0 Å². The minimum Gasteiger partial charge on any atom is -0.482 e. The van der Waals surface area contributed by atoms with Crippen LogP contribution >= 0.6 is 0 Å². The Labute approximate surface area is 159 Å². The number of hydrogen-bond donors (Lipinski definition) is 2. The number of para-hydroxylation sites is 2. The maximum atomic E-state index is 12.6. The van der Waals surface area contributed by atoms with Gasteiger partial charge in [-0.15, -0.1) is 15.0 Å². The lowest BCUT2D eigenvalue weighted by Gasteiger charge is -2.31. The lowest BCUT2D eigenvalue weighted by atomic mass is 10.1. The number of benzene rings is 2. The number of aromatic nitrogens is 4. The fraction of sp³-hybridized carbons (Fsp3) is 0.167. The van der Waals surface area contributed by atoms with Gasteiger partial charge in [-0.05, 0) is 48.5 Å². The normalized spacial score (nSPS) is 17.8. The predicted octanol–water partition coefficient (Wildman–Crippen LogP) is 0.928. The van der Waals surface area contributed by atoms with E-state index in [4.69, 9.17) is 15.2 Å². The molecular weight excluding hydrogens is 364 g/mol. The van der Waals surface area contributed by atoms with E-state index >= 15 is 0 Å². The summed E-state index contributed by atoms with van der Waals surface area (Å²) in [5, 5.41) is 14.0. The molecule has 2 heterocycles. The van der Waals surface area contributed by atoms with Crippen LogP contribution in [0.4, 0.5) is 5.69 Å². The first-order valence-electron chi connectivity index (χ1n) is 8.45. The molecule has 0 radical (unpaired) electrons. The van der Waals surface area contributed by atoms with Crippen LogP contribution in [-0.2, 0) is 4.79 Å². The fourth-order valence-electron chi connectivity index (χ4n) is 2.72. The summed E-state index contributed by atoms with van der Waals surface area (Å²) in [6.45, 7) is 1.77. The molecule has 2 aromatic carbocycles. The third-order valence-corrected chi connectivity index (χ3v) is 4.10. The molecule has 0 saturated heterocycles. The standard InChI is InChI=1S/C18H16N6O4/c1-10-15(28-14-5-3-2-4-13(14)27-10)18(26)20-11-6-8-12(9-7-11)24-22-17(16(19)25)21-23-24/h2-10,15H,1H3,(H2,19,25)(H,20,26). The molecule has 2 unspecified atom stereocenters. The maximum absolute atomic E-state index is 12.6. The fourth-order valence-corrected chi connectivity index (χ4v) is 2.72. The Hall–Kier alpha value is -3.95. The second-order valence-electron chi connectivity index (χ2n) is 6.11. The third-order valence-electron chi connectivity index (χ3n) is 4.10. The van der Waals surface area contributed by atoms with Gasteiger partial charge in [0, 0.05) is 5.69 Å². The Balaban J connectivity index is 1.45. The van der Waals surface area contributed by atoms with Crippen molar-refractivity contribution in [2.45, 2.75) is 19.1 Å². The van der Waals surface area contributed by atoms with E-state index < -0.39 is 18.1 Å². The van der Waals surface area contributed by atoms with Crippen LogP contribution in [0.1, 0.15) is 17.5 Å². The largest absolute Gasteiger partial charge is 0.482 e. The molecule has 2 atom stereocenters. The number of amides is 2. The summed E-state index contributed by atoms with van der Waals surface area (Å²) in [6, 6.07) is 13.9. The van der Waals surface area contributed by atoms with Crippen LogP contribution in [0.15, 0.2) is 48.5 Å². The van der Waals surface area contributed by atoms with E-state index in [1.807, 2.05) is 12.1 Å². The Kier molecular flexibility index (Phi) is 4.36. The molecule has 0 bridgehead atoms. The summed E-state index contributed by atoms with van der Waals surface area (Å²) in [6.07, 6.45) is -1.23.